The Morgan fingerprint density at radius 2 is 1.43 bits per heavy atom. The van der Waals surface area contributed by atoms with Gasteiger partial charge < -0.3 is 16.4 Å². The van der Waals surface area contributed by atoms with Crippen LogP contribution in [0.2, 0.25) is 0 Å². The molecule has 78 valence electrons. The number of aliphatic carboxylic acids is 2. The smallest absolute Gasteiger partial charge is 1.00 e. The van der Waals surface area contributed by atoms with E-state index in [4.69, 9.17) is 14.9 Å². The average molecular weight is 214 g/mol. The fraction of sp³-hybridized carbons (Fsp3) is 0.750. The molecule has 0 rings (SSSR count). The Labute approximate surface area is 106 Å². The van der Waals surface area contributed by atoms with Crippen molar-refractivity contribution in [3.05, 3.63) is 0 Å². The Balaban J connectivity index is -0.000000720. The van der Waals surface area contributed by atoms with Crippen molar-refractivity contribution in [2.24, 2.45) is 0 Å². The first-order valence-corrected chi connectivity index (χ1v) is 4.01. The Bertz CT molecular complexity index is 179. The van der Waals surface area contributed by atoms with E-state index in [0.29, 0.717) is 0 Å². The molecule has 0 aliphatic rings. The molecule has 2 atom stereocenters. The summed E-state index contributed by atoms with van der Waals surface area (Å²) < 4.78 is 5.11. The van der Waals surface area contributed by atoms with Crippen molar-refractivity contribution >= 4 is 11.9 Å². The summed E-state index contributed by atoms with van der Waals surface area (Å²) in [5.74, 6) is -1.90. The third kappa shape index (κ3) is 9.98. The van der Waals surface area contributed by atoms with Crippen LogP contribution >= 0.6 is 0 Å². The molecule has 2 N–H and O–H groups in total. The molecule has 0 aliphatic carbocycles. The maximum absolute atomic E-state index is 10.2. The minimum Gasteiger partial charge on any atom is -1.00 e. The molecule has 5 nitrogen and oxygen atoms in total. The van der Waals surface area contributed by atoms with Crippen LogP contribution in [0.1, 0.15) is 28.1 Å². The van der Waals surface area contributed by atoms with E-state index in [9.17, 15) is 9.59 Å². The van der Waals surface area contributed by atoms with Gasteiger partial charge in [0.15, 0.2) is 0 Å². The molecule has 0 saturated heterocycles. The van der Waals surface area contributed by atoms with Crippen molar-refractivity contribution in [2.45, 2.75) is 38.9 Å². The van der Waals surface area contributed by atoms with Gasteiger partial charge in [-0.25, -0.2) is 0 Å². The standard InChI is InChI=1S/C8H14O5.Na.H/c1-5(3-7(9)10)13-6(2)4-8(11)12;;/h5-6H,3-4H2,1-2H3,(H,9,10)(H,11,12);;/q;+1;-1. The molecule has 0 aromatic rings. The van der Waals surface area contributed by atoms with E-state index in [-0.39, 0.29) is 43.8 Å². The summed E-state index contributed by atoms with van der Waals surface area (Å²) in [5.41, 5.74) is 0. The maximum Gasteiger partial charge on any atom is 1.00 e. The predicted molar refractivity (Wildman–Crippen MR) is 45.6 cm³/mol. The second kappa shape index (κ2) is 8.23. The second-order valence-electron chi connectivity index (χ2n) is 2.95. The zero-order valence-electron chi connectivity index (χ0n) is 9.69. The monoisotopic (exact) mass is 214 g/mol. The third-order valence-corrected chi connectivity index (χ3v) is 1.39. The van der Waals surface area contributed by atoms with Crippen molar-refractivity contribution in [1.82, 2.24) is 0 Å². The summed E-state index contributed by atoms with van der Waals surface area (Å²) in [4.78, 5) is 20.4. The largest absolute Gasteiger partial charge is 1.00 e. The van der Waals surface area contributed by atoms with Crippen molar-refractivity contribution in [3.63, 3.8) is 0 Å². The van der Waals surface area contributed by atoms with Crippen LogP contribution in [0.15, 0.2) is 0 Å². The van der Waals surface area contributed by atoms with Gasteiger partial charge in [0, 0.05) is 0 Å². The van der Waals surface area contributed by atoms with Gasteiger partial charge in [-0.15, -0.1) is 0 Å². The molecule has 0 aliphatic heterocycles. The third-order valence-electron chi connectivity index (χ3n) is 1.39. The summed E-state index contributed by atoms with van der Waals surface area (Å²) in [6, 6.07) is 0. The van der Waals surface area contributed by atoms with Crippen molar-refractivity contribution < 1.29 is 55.5 Å². The molecular formula is C8H15NaO5. The molecule has 0 aromatic carbocycles. The minimum atomic E-state index is -0.949. The van der Waals surface area contributed by atoms with Gasteiger partial charge >= 0.3 is 41.5 Å². The minimum absolute atomic E-state index is 0. The zero-order chi connectivity index (χ0) is 10.4. The number of ether oxygens (including phenoxy) is 1. The molecule has 0 aromatic heterocycles. The van der Waals surface area contributed by atoms with Gasteiger partial charge in [0.1, 0.15) is 0 Å². The first-order valence-electron chi connectivity index (χ1n) is 4.01. The zero-order valence-corrected chi connectivity index (χ0v) is 10.7. The topological polar surface area (TPSA) is 83.8 Å². The van der Waals surface area contributed by atoms with Gasteiger partial charge in [-0.2, -0.15) is 0 Å². The molecule has 0 amide bonds. The first-order chi connectivity index (χ1) is 5.91. The first kappa shape index (κ1) is 16.3. The van der Waals surface area contributed by atoms with E-state index < -0.39 is 24.1 Å². The molecule has 0 radical (unpaired) electrons. The fourth-order valence-electron chi connectivity index (χ4n) is 0.985. The van der Waals surface area contributed by atoms with Gasteiger partial charge in [0.2, 0.25) is 0 Å². The average Bonchev–Trinajstić information content (AvgIpc) is 1.80. The maximum atomic E-state index is 10.2. The summed E-state index contributed by atoms with van der Waals surface area (Å²) in [5, 5.41) is 16.8. The number of carboxylic acids is 2. The number of carboxylic acid groups (broad SMARTS) is 2. The number of rotatable bonds is 6. The van der Waals surface area contributed by atoms with Gasteiger partial charge in [-0.05, 0) is 13.8 Å². The molecule has 0 spiro atoms. The molecule has 6 heteroatoms. The van der Waals surface area contributed by atoms with E-state index in [2.05, 4.69) is 0 Å². The summed E-state index contributed by atoms with van der Waals surface area (Å²) in [7, 11) is 0. The Kier molecular flexibility index (Phi) is 9.60. The second-order valence-corrected chi connectivity index (χ2v) is 2.95. The van der Waals surface area contributed by atoms with Gasteiger partial charge in [-0.3, -0.25) is 9.59 Å². The summed E-state index contributed by atoms with van der Waals surface area (Å²) >= 11 is 0. The molecule has 0 heterocycles. The van der Waals surface area contributed by atoms with Crippen molar-refractivity contribution in [1.29, 1.82) is 0 Å². The summed E-state index contributed by atoms with van der Waals surface area (Å²) in [6.07, 6.45) is -1.12. The van der Waals surface area contributed by atoms with E-state index in [1.165, 1.54) is 0 Å². The van der Waals surface area contributed by atoms with Crippen LogP contribution in [0, 0.1) is 0 Å². The van der Waals surface area contributed by atoms with Gasteiger partial charge in [-0.1, -0.05) is 0 Å². The molecule has 0 saturated carbocycles. The molecule has 2 unspecified atom stereocenters. The van der Waals surface area contributed by atoms with Crippen molar-refractivity contribution in [2.75, 3.05) is 0 Å². The Hall–Kier alpha value is -0.100. The Morgan fingerprint density at radius 1 is 1.14 bits per heavy atom. The number of hydrogen-bond acceptors (Lipinski definition) is 3. The van der Waals surface area contributed by atoms with Crippen LogP contribution in [0.25, 0.3) is 0 Å². The van der Waals surface area contributed by atoms with Gasteiger partial charge in [0.25, 0.3) is 0 Å². The number of carbonyl (C=O) groups is 2. The quantitative estimate of drug-likeness (QED) is 0.492. The normalized spacial score (nSPS) is 13.9. The SMILES string of the molecule is CC(CC(=O)O)OC(C)CC(=O)O.[H-].[Na+]. The van der Waals surface area contributed by atoms with Crippen LogP contribution in [0.5, 0.6) is 0 Å². The molecule has 0 fully saturated rings. The summed E-state index contributed by atoms with van der Waals surface area (Å²) in [6.45, 7) is 3.21. The predicted octanol–water partition coefficient (Wildman–Crippen LogP) is -2.15. The van der Waals surface area contributed by atoms with E-state index in [1.807, 2.05) is 0 Å². The number of hydrogen-bond donors (Lipinski definition) is 2. The molecule has 14 heavy (non-hydrogen) atoms. The fourth-order valence-corrected chi connectivity index (χ4v) is 0.985. The Morgan fingerprint density at radius 3 is 1.64 bits per heavy atom. The van der Waals surface area contributed by atoms with Crippen molar-refractivity contribution in [3.8, 4) is 0 Å². The van der Waals surface area contributed by atoms with Crippen LogP contribution < -0.4 is 29.6 Å². The van der Waals surface area contributed by atoms with E-state index in [1.54, 1.807) is 13.8 Å². The van der Waals surface area contributed by atoms with Crippen LogP contribution in [-0.2, 0) is 14.3 Å². The molecule has 0 bridgehead atoms. The molecular weight excluding hydrogens is 199 g/mol. The van der Waals surface area contributed by atoms with Crippen LogP contribution in [0.4, 0.5) is 0 Å². The van der Waals surface area contributed by atoms with E-state index >= 15 is 0 Å². The van der Waals surface area contributed by atoms with Crippen LogP contribution in [-0.4, -0.2) is 34.4 Å². The van der Waals surface area contributed by atoms with Crippen LogP contribution in [0.3, 0.4) is 0 Å². The van der Waals surface area contributed by atoms with E-state index in [0.717, 1.165) is 0 Å². The van der Waals surface area contributed by atoms with Gasteiger partial charge in [0.05, 0.1) is 25.0 Å².